The molecule has 1 unspecified atom stereocenters. The van der Waals surface area contributed by atoms with Crippen LogP contribution in [0, 0.1) is 6.92 Å². The number of ether oxygens (including phenoxy) is 1. The largest absolute Gasteiger partial charge is 0.468 e. The van der Waals surface area contributed by atoms with Crippen LogP contribution in [0.25, 0.3) is 0 Å². The summed E-state index contributed by atoms with van der Waals surface area (Å²) in [5.41, 5.74) is 5.29. The van der Waals surface area contributed by atoms with Crippen LogP contribution in [0.3, 0.4) is 0 Å². The number of hydrogen-bond donors (Lipinski definition) is 0. The molecule has 0 saturated heterocycles. The van der Waals surface area contributed by atoms with E-state index in [1.807, 2.05) is 53.4 Å². The Morgan fingerprint density at radius 3 is 2.36 bits per heavy atom. The van der Waals surface area contributed by atoms with E-state index in [0.29, 0.717) is 0 Å². The number of carbonyl (C=O) groups is 1. The minimum atomic E-state index is -0.292. The van der Waals surface area contributed by atoms with Crippen molar-refractivity contribution >= 4 is 17.5 Å². The lowest BCUT2D eigenvalue weighted by Crippen LogP contribution is -2.42. The highest BCUT2D eigenvalue weighted by molar-refractivity contribution is 6.03. The highest BCUT2D eigenvalue weighted by Crippen LogP contribution is 2.40. The summed E-state index contributed by atoms with van der Waals surface area (Å²) in [5.74, 6) is 0.482. The van der Waals surface area contributed by atoms with E-state index in [0.717, 1.165) is 28.2 Å². The molecule has 1 heterocycles. The number of esters is 1. The van der Waals surface area contributed by atoms with E-state index >= 15 is 0 Å². The standard InChI is InChI=1S/C24H22N2O2/c1-17-12-14-18(15-13-17)23-20-10-6-7-11-21(20)25-24(19-8-4-3-5-9-19)26(23)16-22(27)28-2/h3-15,23H,16H2,1-2H3. The monoisotopic (exact) mass is 370 g/mol. The first-order valence-electron chi connectivity index (χ1n) is 9.30. The van der Waals surface area contributed by atoms with Gasteiger partial charge in [0.25, 0.3) is 0 Å². The van der Waals surface area contributed by atoms with Gasteiger partial charge in [0, 0.05) is 11.1 Å². The van der Waals surface area contributed by atoms with E-state index in [1.165, 1.54) is 12.7 Å². The van der Waals surface area contributed by atoms with Crippen molar-refractivity contribution < 1.29 is 9.53 Å². The molecule has 0 fully saturated rings. The number of hydrogen-bond acceptors (Lipinski definition) is 4. The SMILES string of the molecule is COC(=O)CN1C(c2ccccc2)=Nc2ccccc2C1c1ccc(C)cc1. The molecule has 0 N–H and O–H groups in total. The van der Waals surface area contributed by atoms with Gasteiger partial charge in [-0.2, -0.15) is 0 Å². The summed E-state index contributed by atoms with van der Waals surface area (Å²) in [6.07, 6.45) is 0. The van der Waals surface area contributed by atoms with Crippen molar-refractivity contribution in [2.45, 2.75) is 13.0 Å². The maximum Gasteiger partial charge on any atom is 0.325 e. The summed E-state index contributed by atoms with van der Waals surface area (Å²) in [6.45, 7) is 2.19. The third-order valence-corrected chi connectivity index (χ3v) is 4.99. The first kappa shape index (κ1) is 18.0. The van der Waals surface area contributed by atoms with Crippen molar-refractivity contribution in [3.8, 4) is 0 Å². The van der Waals surface area contributed by atoms with Crippen LogP contribution in [0.2, 0.25) is 0 Å². The van der Waals surface area contributed by atoms with Crippen LogP contribution < -0.4 is 0 Å². The predicted octanol–water partition coefficient (Wildman–Crippen LogP) is 4.65. The number of carbonyl (C=O) groups excluding carboxylic acids is 1. The molecule has 0 radical (unpaired) electrons. The van der Waals surface area contributed by atoms with Crippen LogP contribution in [0.15, 0.2) is 83.9 Å². The summed E-state index contributed by atoms with van der Waals surface area (Å²) in [6, 6.07) is 26.4. The number of nitrogens with zero attached hydrogens (tertiary/aromatic N) is 2. The third-order valence-electron chi connectivity index (χ3n) is 4.99. The molecule has 0 amide bonds. The van der Waals surface area contributed by atoms with Gasteiger partial charge in [-0.05, 0) is 18.6 Å². The van der Waals surface area contributed by atoms with E-state index in [9.17, 15) is 4.79 Å². The van der Waals surface area contributed by atoms with Gasteiger partial charge < -0.3 is 9.64 Å². The number of aryl methyl sites for hydroxylation is 1. The molecule has 4 heteroatoms. The molecule has 0 saturated carbocycles. The third kappa shape index (κ3) is 3.41. The van der Waals surface area contributed by atoms with E-state index in [1.54, 1.807) is 0 Å². The van der Waals surface area contributed by atoms with Crippen molar-refractivity contribution in [3.05, 3.63) is 101 Å². The molecule has 3 aromatic carbocycles. The van der Waals surface area contributed by atoms with Gasteiger partial charge in [0.05, 0.1) is 18.8 Å². The second-order valence-corrected chi connectivity index (χ2v) is 6.88. The van der Waals surface area contributed by atoms with Crippen LogP contribution in [0.1, 0.15) is 28.3 Å². The number of fused-ring (bicyclic) bond motifs is 1. The zero-order chi connectivity index (χ0) is 19.5. The zero-order valence-electron chi connectivity index (χ0n) is 16.0. The second kappa shape index (κ2) is 7.69. The summed E-state index contributed by atoms with van der Waals surface area (Å²) in [4.78, 5) is 19.2. The maximum absolute atomic E-state index is 12.3. The van der Waals surface area contributed by atoms with Crippen molar-refractivity contribution in [3.63, 3.8) is 0 Å². The number of aliphatic imine (C=N–C) groups is 1. The van der Waals surface area contributed by atoms with Crippen molar-refractivity contribution in [1.29, 1.82) is 0 Å². The van der Waals surface area contributed by atoms with Gasteiger partial charge >= 0.3 is 5.97 Å². The quantitative estimate of drug-likeness (QED) is 0.628. The lowest BCUT2D eigenvalue weighted by Gasteiger charge is -2.38. The smallest absolute Gasteiger partial charge is 0.325 e. The highest BCUT2D eigenvalue weighted by atomic mass is 16.5. The Balaban J connectivity index is 1.91. The van der Waals surface area contributed by atoms with Crippen molar-refractivity contribution in [2.24, 2.45) is 4.99 Å². The topological polar surface area (TPSA) is 41.9 Å². The summed E-state index contributed by atoms with van der Waals surface area (Å²) >= 11 is 0. The molecule has 0 spiro atoms. The van der Waals surface area contributed by atoms with Gasteiger partial charge in [0.15, 0.2) is 0 Å². The molecule has 4 nitrogen and oxygen atoms in total. The Kier molecular flexibility index (Phi) is 4.94. The molecule has 4 rings (SSSR count). The fraction of sp³-hybridized carbons (Fsp3) is 0.167. The first-order valence-corrected chi connectivity index (χ1v) is 9.30. The highest BCUT2D eigenvalue weighted by Gasteiger charge is 2.33. The van der Waals surface area contributed by atoms with Gasteiger partial charge in [-0.15, -0.1) is 0 Å². The normalized spacial score (nSPS) is 15.6. The Hall–Kier alpha value is -3.40. The van der Waals surface area contributed by atoms with E-state index in [-0.39, 0.29) is 18.6 Å². The number of methoxy groups -OCH3 is 1. The first-order chi connectivity index (χ1) is 13.7. The molecule has 0 aliphatic carbocycles. The van der Waals surface area contributed by atoms with Gasteiger partial charge in [0.1, 0.15) is 12.4 Å². The van der Waals surface area contributed by atoms with E-state index in [2.05, 4.69) is 37.3 Å². The van der Waals surface area contributed by atoms with Crippen LogP contribution in [-0.2, 0) is 9.53 Å². The molecule has 0 bridgehead atoms. The molecule has 140 valence electrons. The van der Waals surface area contributed by atoms with Gasteiger partial charge in [-0.25, -0.2) is 4.99 Å². The Labute approximate surface area is 165 Å². The molecular weight excluding hydrogens is 348 g/mol. The summed E-state index contributed by atoms with van der Waals surface area (Å²) < 4.78 is 4.99. The predicted molar refractivity (Wildman–Crippen MR) is 111 cm³/mol. The van der Waals surface area contributed by atoms with Crippen molar-refractivity contribution in [2.75, 3.05) is 13.7 Å². The van der Waals surface area contributed by atoms with Gasteiger partial charge in [-0.1, -0.05) is 78.4 Å². The number of amidine groups is 1. The number of rotatable bonds is 4. The Bertz CT molecular complexity index is 1010. The minimum Gasteiger partial charge on any atom is -0.468 e. The average Bonchev–Trinajstić information content (AvgIpc) is 2.74. The maximum atomic E-state index is 12.3. The second-order valence-electron chi connectivity index (χ2n) is 6.88. The molecule has 28 heavy (non-hydrogen) atoms. The molecule has 0 aromatic heterocycles. The Morgan fingerprint density at radius 1 is 0.964 bits per heavy atom. The molecule has 3 aromatic rings. The summed E-state index contributed by atoms with van der Waals surface area (Å²) in [5, 5.41) is 0. The molecule has 1 aliphatic rings. The zero-order valence-corrected chi connectivity index (χ0v) is 16.0. The fourth-order valence-corrected chi connectivity index (χ4v) is 3.58. The van der Waals surface area contributed by atoms with Crippen LogP contribution in [0.4, 0.5) is 5.69 Å². The lowest BCUT2D eigenvalue weighted by molar-refractivity contribution is -0.141. The van der Waals surface area contributed by atoms with E-state index in [4.69, 9.17) is 9.73 Å². The lowest BCUT2D eigenvalue weighted by atomic mass is 9.92. The molecule has 1 aliphatic heterocycles. The van der Waals surface area contributed by atoms with Crippen LogP contribution in [0.5, 0.6) is 0 Å². The van der Waals surface area contributed by atoms with E-state index < -0.39 is 0 Å². The van der Waals surface area contributed by atoms with Crippen molar-refractivity contribution in [1.82, 2.24) is 4.90 Å². The summed E-state index contributed by atoms with van der Waals surface area (Å²) in [7, 11) is 1.42. The van der Waals surface area contributed by atoms with Crippen LogP contribution in [-0.4, -0.2) is 30.4 Å². The minimum absolute atomic E-state index is 0.122. The molecule has 1 atom stereocenters. The fourth-order valence-electron chi connectivity index (χ4n) is 3.58. The van der Waals surface area contributed by atoms with Gasteiger partial charge in [0.2, 0.25) is 0 Å². The van der Waals surface area contributed by atoms with Gasteiger partial charge in [-0.3, -0.25) is 4.79 Å². The number of para-hydroxylation sites is 1. The van der Waals surface area contributed by atoms with Crippen LogP contribution >= 0.6 is 0 Å². The number of benzene rings is 3. The molecular formula is C24H22N2O2. The Morgan fingerprint density at radius 2 is 1.64 bits per heavy atom. The average molecular weight is 370 g/mol.